The number of rotatable bonds is 7. The SMILES string of the molecule is CCNCC1(CN2CCCCC2CCO)CCCC1. The van der Waals surface area contributed by atoms with Crippen molar-refractivity contribution in [2.24, 2.45) is 5.41 Å². The smallest absolute Gasteiger partial charge is 0.0445 e. The van der Waals surface area contributed by atoms with Gasteiger partial charge in [0.25, 0.3) is 0 Å². The van der Waals surface area contributed by atoms with Crippen LogP contribution in [0.4, 0.5) is 0 Å². The molecule has 0 amide bonds. The van der Waals surface area contributed by atoms with Crippen molar-refractivity contribution in [3.05, 3.63) is 0 Å². The maximum Gasteiger partial charge on any atom is 0.0445 e. The van der Waals surface area contributed by atoms with Crippen LogP contribution < -0.4 is 5.32 Å². The first-order chi connectivity index (χ1) is 9.29. The summed E-state index contributed by atoms with van der Waals surface area (Å²) in [6.07, 6.45) is 10.5. The van der Waals surface area contributed by atoms with E-state index >= 15 is 0 Å². The van der Waals surface area contributed by atoms with E-state index < -0.39 is 0 Å². The number of likely N-dealkylation sites (tertiary alicyclic amines) is 1. The Bertz CT molecular complexity index is 249. The molecular formula is C16H32N2O. The highest BCUT2D eigenvalue weighted by Gasteiger charge is 2.37. The molecule has 1 saturated heterocycles. The normalized spacial score (nSPS) is 27.8. The molecule has 2 rings (SSSR count). The number of hydrogen-bond donors (Lipinski definition) is 2. The molecule has 0 aromatic rings. The second-order valence-corrected chi connectivity index (χ2v) is 6.62. The Balaban J connectivity index is 1.94. The van der Waals surface area contributed by atoms with Crippen molar-refractivity contribution in [2.45, 2.75) is 64.3 Å². The first kappa shape index (κ1) is 15.3. The highest BCUT2D eigenvalue weighted by atomic mass is 16.3. The Kier molecular flexibility index (Phi) is 6.11. The highest BCUT2D eigenvalue weighted by molar-refractivity contribution is 4.91. The van der Waals surface area contributed by atoms with E-state index in [1.807, 2.05) is 0 Å². The zero-order chi connectivity index (χ0) is 13.6. The summed E-state index contributed by atoms with van der Waals surface area (Å²) >= 11 is 0. The molecule has 1 saturated carbocycles. The van der Waals surface area contributed by atoms with E-state index in [-0.39, 0.29) is 0 Å². The second kappa shape index (κ2) is 7.61. The third kappa shape index (κ3) is 4.17. The number of aliphatic hydroxyl groups is 1. The summed E-state index contributed by atoms with van der Waals surface area (Å²) in [5, 5.41) is 12.9. The minimum atomic E-state index is 0.349. The van der Waals surface area contributed by atoms with Crippen LogP contribution in [0.15, 0.2) is 0 Å². The van der Waals surface area contributed by atoms with E-state index in [0.717, 1.165) is 13.0 Å². The predicted octanol–water partition coefficient (Wildman–Crippen LogP) is 2.39. The molecule has 0 aromatic carbocycles. The van der Waals surface area contributed by atoms with E-state index in [2.05, 4.69) is 17.1 Å². The molecule has 0 aromatic heterocycles. The quantitative estimate of drug-likeness (QED) is 0.744. The molecule has 112 valence electrons. The molecule has 2 fully saturated rings. The van der Waals surface area contributed by atoms with Gasteiger partial charge in [0.1, 0.15) is 0 Å². The molecule has 1 aliphatic carbocycles. The maximum atomic E-state index is 9.26. The number of nitrogens with zero attached hydrogens (tertiary/aromatic N) is 1. The Morgan fingerprint density at radius 1 is 1.21 bits per heavy atom. The fourth-order valence-electron chi connectivity index (χ4n) is 4.08. The van der Waals surface area contributed by atoms with Crippen molar-refractivity contribution in [3.63, 3.8) is 0 Å². The molecule has 3 heteroatoms. The van der Waals surface area contributed by atoms with E-state index in [0.29, 0.717) is 18.1 Å². The van der Waals surface area contributed by atoms with E-state index in [1.165, 1.54) is 64.6 Å². The van der Waals surface area contributed by atoms with Crippen molar-refractivity contribution in [3.8, 4) is 0 Å². The van der Waals surface area contributed by atoms with Crippen LogP contribution in [0.1, 0.15) is 58.3 Å². The summed E-state index contributed by atoms with van der Waals surface area (Å²) in [6.45, 7) is 7.33. The summed E-state index contributed by atoms with van der Waals surface area (Å²) in [5.41, 5.74) is 0.515. The molecule has 0 radical (unpaired) electrons. The van der Waals surface area contributed by atoms with E-state index in [1.54, 1.807) is 0 Å². The Hall–Kier alpha value is -0.120. The standard InChI is InChI=1S/C16H32N2O/c1-2-17-13-16(9-4-5-10-16)14-18-11-6-3-7-15(18)8-12-19/h15,17,19H,2-14H2,1H3. The number of nitrogens with one attached hydrogen (secondary N) is 1. The van der Waals surface area contributed by atoms with Crippen LogP contribution in [-0.4, -0.2) is 48.8 Å². The summed E-state index contributed by atoms with van der Waals surface area (Å²) in [6, 6.07) is 0.637. The molecule has 1 atom stereocenters. The largest absolute Gasteiger partial charge is 0.396 e. The van der Waals surface area contributed by atoms with Gasteiger partial charge in [-0.25, -0.2) is 0 Å². The van der Waals surface area contributed by atoms with E-state index in [4.69, 9.17) is 0 Å². The molecular weight excluding hydrogens is 236 g/mol. The summed E-state index contributed by atoms with van der Waals surface area (Å²) in [5.74, 6) is 0. The van der Waals surface area contributed by atoms with Gasteiger partial charge in [-0.05, 0) is 50.6 Å². The maximum absolute atomic E-state index is 9.26. The summed E-state index contributed by atoms with van der Waals surface area (Å²) in [4.78, 5) is 2.70. The predicted molar refractivity (Wildman–Crippen MR) is 80.4 cm³/mol. The van der Waals surface area contributed by atoms with Gasteiger partial charge >= 0.3 is 0 Å². The number of aliphatic hydroxyl groups excluding tert-OH is 1. The van der Waals surface area contributed by atoms with Gasteiger partial charge in [0, 0.05) is 25.7 Å². The average Bonchev–Trinajstić information content (AvgIpc) is 2.88. The van der Waals surface area contributed by atoms with Crippen molar-refractivity contribution in [1.29, 1.82) is 0 Å². The molecule has 0 spiro atoms. The third-order valence-electron chi connectivity index (χ3n) is 5.16. The first-order valence-electron chi connectivity index (χ1n) is 8.35. The summed E-state index contributed by atoms with van der Waals surface area (Å²) < 4.78 is 0. The van der Waals surface area contributed by atoms with Crippen LogP contribution in [0.2, 0.25) is 0 Å². The van der Waals surface area contributed by atoms with Gasteiger partial charge in [0.2, 0.25) is 0 Å². The van der Waals surface area contributed by atoms with Gasteiger partial charge in [-0.1, -0.05) is 26.2 Å². The number of piperidine rings is 1. The fraction of sp³-hybridized carbons (Fsp3) is 1.00. The lowest BCUT2D eigenvalue weighted by Crippen LogP contribution is -2.48. The van der Waals surface area contributed by atoms with Gasteiger partial charge in [0.15, 0.2) is 0 Å². The average molecular weight is 268 g/mol. The third-order valence-corrected chi connectivity index (χ3v) is 5.16. The molecule has 19 heavy (non-hydrogen) atoms. The van der Waals surface area contributed by atoms with Crippen LogP contribution in [0.3, 0.4) is 0 Å². The molecule has 0 bridgehead atoms. The summed E-state index contributed by atoms with van der Waals surface area (Å²) in [7, 11) is 0. The van der Waals surface area contributed by atoms with E-state index in [9.17, 15) is 5.11 Å². The molecule has 3 nitrogen and oxygen atoms in total. The minimum absolute atomic E-state index is 0.349. The second-order valence-electron chi connectivity index (χ2n) is 6.62. The highest BCUT2D eigenvalue weighted by Crippen LogP contribution is 2.39. The van der Waals surface area contributed by atoms with Gasteiger partial charge in [-0.15, -0.1) is 0 Å². The lowest BCUT2D eigenvalue weighted by atomic mass is 9.83. The Labute approximate surface area is 118 Å². The van der Waals surface area contributed by atoms with Crippen LogP contribution >= 0.6 is 0 Å². The Morgan fingerprint density at radius 3 is 2.68 bits per heavy atom. The molecule has 2 aliphatic rings. The van der Waals surface area contributed by atoms with Crippen LogP contribution in [-0.2, 0) is 0 Å². The van der Waals surface area contributed by atoms with Gasteiger partial charge in [-0.3, -0.25) is 4.90 Å². The van der Waals surface area contributed by atoms with Crippen molar-refractivity contribution < 1.29 is 5.11 Å². The van der Waals surface area contributed by atoms with Crippen molar-refractivity contribution in [1.82, 2.24) is 10.2 Å². The fourth-order valence-corrected chi connectivity index (χ4v) is 4.08. The van der Waals surface area contributed by atoms with Gasteiger partial charge in [0.05, 0.1) is 0 Å². The molecule has 1 aliphatic heterocycles. The molecule has 1 unspecified atom stereocenters. The van der Waals surface area contributed by atoms with Crippen LogP contribution in [0.5, 0.6) is 0 Å². The zero-order valence-corrected chi connectivity index (χ0v) is 12.7. The van der Waals surface area contributed by atoms with Gasteiger partial charge in [-0.2, -0.15) is 0 Å². The Morgan fingerprint density at radius 2 is 2.00 bits per heavy atom. The zero-order valence-electron chi connectivity index (χ0n) is 12.7. The monoisotopic (exact) mass is 268 g/mol. The van der Waals surface area contributed by atoms with Crippen LogP contribution in [0, 0.1) is 5.41 Å². The van der Waals surface area contributed by atoms with Gasteiger partial charge < -0.3 is 10.4 Å². The first-order valence-corrected chi connectivity index (χ1v) is 8.35. The minimum Gasteiger partial charge on any atom is -0.396 e. The van der Waals surface area contributed by atoms with Crippen molar-refractivity contribution >= 4 is 0 Å². The van der Waals surface area contributed by atoms with Crippen molar-refractivity contribution in [2.75, 3.05) is 32.8 Å². The lowest BCUT2D eigenvalue weighted by molar-refractivity contribution is 0.0670. The molecule has 1 heterocycles. The lowest BCUT2D eigenvalue weighted by Gasteiger charge is -2.42. The molecule has 2 N–H and O–H groups in total. The topological polar surface area (TPSA) is 35.5 Å². The number of hydrogen-bond acceptors (Lipinski definition) is 3. The van der Waals surface area contributed by atoms with Crippen LogP contribution in [0.25, 0.3) is 0 Å².